The number of imidazole rings is 1. The van der Waals surface area contributed by atoms with E-state index in [1.54, 1.807) is 30.7 Å². The number of pyridine rings is 1. The zero-order chi connectivity index (χ0) is 21.6. The molecular weight excluding hydrogens is 527 g/mol. The van der Waals surface area contributed by atoms with Crippen LogP contribution >= 0.6 is 34.2 Å². The zero-order valence-corrected chi connectivity index (χ0v) is 19.0. The monoisotopic (exact) mass is 542 g/mol. The smallest absolute Gasteiger partial charge is 0.223 e. The van der Waals surface area contributed by atoms with E-state index in [0.29, 0.717) is 47.0 Å². The fourth-order valence-electron chi connectivity index (χ4n) is 2.87. The molecule has 0 atom stereocenters. The average Bonchev–Trinajstić information content (AvgIpc) is 3.32. The molecule has 0 fully saturated rings. The summed E-state index contributed by atoms with van der Waals surface area (Å²) >= 11 is 8.74. The fraction of sp³-hybridized carbons (Fsp3) is 0.0952. The van der Waals surface area contributed by atoms with E-state index in [9.17, 15) is 0 Å². The minimum Gasteiger partial charge on any atom is -0.368 e. The number of benzene rings is 1. The Kier molecular flexibility index (Phi) is 6.59. The molecule has 31 heavy (non-hydrogen) atoms. The third-order valence-corrected chi connectivity index (χ3v) is 5.32. The number of aromatic amines is 1. The van der Waals surface area contributed by atoms with Crippen LogP contribution in [0.2, 0.25) is 5.02 Å². The van der Waals surface area contributed by atoms with Crippen LogP contribution in [0.15, 0.2) is 55.1 Å². The van der Waals surface area contributed by atoms with Crippen molar-refractivity contribution in [1.82, 2.24) is 24.9 Å². The number of H-pyrrole nitrogens is 1. The van der Waals surface area contributed by atoms with Crippen LogP contribution in [0.25, 0.3) is 22.6 Å². The van der Waals surface area contributed by atoms with E-state index in [2.05, 4.69) is 53.2 Å². The molecule has 0 saturated heterocycles. The van der Waals surface area contributed by atoms with Gasteiger partial charge in [-0.1, -0.05) is 17.7 Å². The molecule has 1 aromatic carbocycles. The fourth-order valence-corrected chi connectivity index (χ4v) is 3.81. The summed E-state index contributed by atoms with van der Waals surface area (Å²) in [7, 11) is 0. The molecule has 0 bridgehead atoms. The second kappa shape index (κ2) is 9.72. The SMILES string of the molecule is N#Cc1ccc(NCCNc2ncc(-c3ncc[nH]3)c(-c3ccc(I)cc3Cl)n2)nc1. The van der Waals surface area contributed by atoms with Crippen LogP contribution in [-0.2, 0) is 0 Å². The molecule has 0 aliphatic carbocycles. The first-order valence-electron chi connectivity index (χ1n) is 9.30. The third kappa shape index (κ3) is 5.10. The second-order valence-corrected chi connectivity index (χ2v) is 8.07. The molecule has 0 aliphatic rings. The third-order valence-electron chi connectivity index (χ3n) is 4.34. The van der Waals surface area contributed by atoms with Gasteiger partial charge in [-0.2, -0.15) is 5.26 Å². The molecule has 10 heteroatoms. The molecule has 3 aromatic heterocycles. The quantitative estimate of drug-likeness (QED) is 0.231. The lowest BCUT2D eigenvalue weighted by atomic mass is 10.1. The standard InChI is InChI=1S/C21H16ClIN8/c22-17-9-14(23)2-3-15(17)19-16(20-26-6-7-27-20)12-30-21(31-19)28-8-5-25-18-4-1-13(10-24)11-29-18/h1-4,6-7,9,11-12H,5,8H2,(H,25,29)(H,26,27)(H,28,30,31). The number of rotatable bonds is 7. The molecule has 0 amide bonds. The normalized spacial score (nSPS) is 10.5. The highest BCUT2D eigenvalue weighted by Gasteiger charge is 2.16. The van der Waals surface area contributed by atoms with E-state index in [4.69, 9.17) is 21.8 Å². The Morgan fingerprint density at radius 1 is 1.03 bits per heavy atom. The van der Waals surface area contributed by atoms with Crippen molar-refractivity contribution in [2.24, 2.45) is 0 Å². The molecule has 0 aliphatic heterocycles. The lowest BCUT2D eigenvalue weighted by molar-refractivity contribution is 1.02. The van der Waals surface area contributed by atoms with Crippen LogP contribution in [0.3, 0.4) is 0 Å². The van der Waals surface area contributed by atoms with Gasteiger partial charge in [-0.15, -0.1) is 0 Å². The van der Waals surface area contributed by atoms with Gasteiger partial charge in [-0.3, -0.25) is 0 Å². The molecular formula is C21H16ClIN8. The van der Waals surface area contributed by atoms with Crippen molar-refractivity contribution in [2.75, 3.05) is 23.7 Å². The van der Waals surface area contributed by atoms with Crippen molar-refractivity contribution >= 4 is 46.0 Å². The maximum absolute atomic E-state index is 8.84. The van der Waals surface area contributed by atoms with Crippen molar-refractivity contribution in [1.29, 1.82) is 5.26 Å². The van der Waals surface area contributed by atoms with Gasteiger partial charge in [0.2, 0.25) is 5.95 Å². The van der Waals surface area contributed by atoms with Gasteiger partial charge in [0.25, 0.3) is 0 Å². The van der Waals surface area contributed by atoms with Crippen molar-refractivity contribution in [3.8, 4) is 28.7 Å². The van der Waals surface area contributed by atoms with Crippen LogP contribution in [0, 0.1) is 14.9 Å². The number of nitrogens with one attached hydrogen (secondary N) is 3. The van der Waals surface area contributed by atoms with Gasteiger partial charge in [0.05, 0.1) is 21.8 Å². The van der Waals surface area contributed by atoms with Gasteiger partial charge in [0.15, 0.2) is 0 Å². The number of nitrogens with zero attached hydrogens (tertiary/aromatic N) is 5. The van der Waals surface area contributed by atoms with Gasteiger partial charge in [-0.05, 0) is 46.9 Å². The van der Waals surface area contributed by atoms with Gasteiger partial charge >= 0.3 is 0 Å². The van der Waals surface area contributed by atoms with E-state index < -0.39 is 0 Å². The highest BCUT2D eigenvalue weighted by Crippen LogP contribution is 2.34. The maximum Gasteiger partial charge on any atom is 0.223 e. The Morgan fingerprint density at radius 3 is 2.61 bits per heavy atom. The van der Waals surface area contributed by atoms with E-state index in [1.165, 1.54) is 6.20 Å². The van der Waals surface area contributed by atoms with Crippen LogP contribution in [0.1, 0.15) is 5.56 Å². The molecule has 3 N–H and O–H groups in total. The number of hydrogen-bond donors (Lipinski definition) is 3. The summed E-state index contributed by atoms with van der Waals surface area (Å²) in [6.45, 7) is 1.17. The minimum absolute atomic E-state index is 0.481. The van der Waals surface area contributed by atoms with Crippen molar-refractivity contribution in [3.63, 3.8) is 0 Å². The van der Waals surface area contributed by atoms with Crippen LogP contribution < -0.4 is 10.6 Å². The topological polar surface area (TPSA) is 115 Å². The first kappa shape index (κ1) is 21.0. The molecule has 8 nitrogen and oxygen atoms in total. The van der Waals surface area contributed by atoms with E-state index in [1.807, 2.05) is 24.3 Å². The van der Waals surface area contributed by atoms with Gasteiger partial charge < -0.3 is 15.6 Å². The predicted octanol–water partition coefficient (Wildman–Crippen LogP) is 4.58. The zero-order valence-electron chi connectivity index (χ0n) is 16.1. The highest BCUT2D eigenvalue weighted by atomic mass is 127. The number of halogens is 2. The van der Waals surface area contributed by atoms with Crippen molar-refractivity contribution < 1.29 is 0 Å². The van der Waals surface area contributed by atoms with Crippen LogP contribution in [0.4, 0.5) is 11.8 Å². The summed E-state index contributed by atoms with van der Waals surface area (Å²) in [6, 6.07) is 11.4. The molecule has 4 aromatic rings. The molecule has 0 radical (unpaired) electrons. The molecule has 0 unspecified atom stereocenters. The highest BCUT2D eigenvalue weighted by molar-refractivity contribution is 14.1. The van der Waals surface area contributed by atoms with Crippen LogP contribution in [-0.4, -0.2) is 38.0 Å². The average molecular weight is 543 g/mol. The van der Waals surface area contributed by atoms with Crippen molar-refractivity contribution in [3.05, 3.63) is 69.3 Å². The maximum atomic E-state index is 8.84. The van der Waals surface area contributed by atoms with E-state index in [0.717, 1.165) is 14.7 Å². The first-order valence-corrected chi connectivity index (χ1v) is 10.8. The molecule has 154 valence electrons. The van der Waals surface area contributed by atoms with Crippen molar-refractivity contribution in [2.45, 2.75) is 0 Å². The largest absolute Gasteiger partial charge is 0.368 e. The molecule has 4 rings (SSSR count). The number of anilines is 2. The summed E-state index contributed by atoms with van der Waals surface area (Å²) in [5.74, 6) is 1.85. The van der Waals surface area contributed by atoms with E-state index >= 15 is 0 Å². The Hall–Kier alpha value is -3.23. The number of aromatic nitrogens is 5. The first-order chi connectivity index (χ1) is 15.1. The molecule has 0 spiro atoms. The summed E-state index contributed by atoms with van der Waals surface area (Å²) < 4.78 is 1.04. The van der Waals surface area contributed by atoms with Gasteiger partial charge in [0, 0.05) is 47.0 Å². The Balaban J connectivity index is 1.51. The Morgan fingerprint density at radius 2 is 1.90 bits per heavy atom. The second-order valence-electron chi connectivity index (χ2n) is 6.42. The molecule has 3 heterocycles. The lowest BCUT2D eigenvalue weighted by Gasteiger charge is -2.12. The van der Waals surface area contributed by atoms with Gasteiger partial charge in [0.1, 0.15) is 17.7 Å². The Bertz CT molecular complexity index is 1220. The summed E-state index contributed by atoms with van der Waals surface area (Å²) in [4.78, 5) is 20.8. The van der Waals surface area contributed by atoms with Gasteiger partial charge in [-0.25, -0.2) is 19.9 Å². The summed E-state index contributed by atoms with van der Waals surface area (Å²) in [6.07, 6.45) is 6.70. The van der Waals surface area contributed by atoms with E-state index in [-0.39, 0.29) is 0 Å². The Labute approximate surface area is 197 Å². The minimum atomic E-state index is 0.481. The number of nitriles is 1. The number of hydrogen-bond acceptors (Lipinski definition) is 7. The summed E-state index contributed by atoms with van der Waals surface area (Å²) in [5.41, 5.74) is 2.78. The lowest BCUT2D eigenvalue weighted by Crippen LogP contribution is -2.16. The van der Waals surface area contributed by atoms with Crippen LogP contribution in [0.5, 0.6) is 0 Å². The summed E-state index contributed by atoms with van der Waals surface area (Å²) in [5, 5.41) is 15.8. The predicted molar refractivity (Wildman–Crippen MR) is 129 cm³/mol. The molecule has 0 saturated carbocycles.